The third kappa shape index (κ3) is 3.52. The topological polar surface area (TPSA) is 149 Å². The van der Waals surface area contributed by atoms with E-state index in [0.717, 1.165) is 0 Å². The molecule has 2 aromatic heterocycles. The van der Waals surface area contributed by atoms with E-state index in [4.69, 9.17) is 5.84 Å². The highest BCUT2D eigenvalue weighted by Crippen LogP contribution is 2.37. The molecular formula is C11H8F3N7O3. The van der Waals surface area contributed by atoms with Crippen LogP contribution >= 0.6 is 0 Å². The quantitative estimate of drug-likeness (QED) is 0.324. The maximum Gasteiger partial charge on any atom is 0.420 e. The summed E-state index contributed by atoms with van der Waals surface area (Å²) in [6, 6.07) is 1.61. The van der Waals surface area contributed by atoms with Gasteiger partial charge in [0.2, 0.25) is 11.6 Å². The molecule has 0 saturated carbocycles. The molecule has 0 aromatic carbocycles. The van der Waals surface area contributed by atoms with Crippen molar-refractivity contribution in [2.45, 2.75) is 6.18 Å². The monoisotopic (exact) mass is 343 g/mol. The summed E-state index contributed by atoms with van der Waals surface area (Å²) >= 11 is 0. The number of nitrogens with one attached hydrogen (secondary N) is 2. The fourth-order valence-electron chi connectivity index (χ4n) is 1.66. The van der Waals surface area contributed by atoms with Gasteiger partial charge in [-0.2, -0.15) is 13.2 Å². The first-order chi connectivity index (χ1) is 11.2. The summed E-state index contributed by atoms with van der Waals surface area (Å²) in [5.74, 6) is 2.52. The lowest BCUT2D eigenvalue weighted by Gasteiger charge is -2.14. The first-order valence-corrected chi connectivity index (χ1v) is 6.05. The van der Waals surface area contributed by atoms with Crippen molar-refractivity contribution in [1.82, 2.24) is 20.4 Å². The van der Waals surface area contributed by atoms with E-state index in [1.807, 2.05) is 0 Å². The van der Waals surface area contributed by atoms with Gasteiger partial charge in [0.1, 0.15) is 11.4 Å². The molecule has 0 bridgehead atoms. The number of rotatable bonds is 4. The van der Waals surface area contributed by atoms with Gasteiger partial charge in [-0.15, -0.1) is 0 Å². The van der Waals surface area contributed by atoms with Crippen molar-refractivity contribution in [2.24, 2.45) is 5.84 Å². The Hall–Kier alpha value is -3.35. The zero-order valence-corrected chi connectivity index (χ0v) is 11.5. The highest BCUT2D eigenvalue weighted by Gasteiger charge is 2.39. The number of carbonyl (C=O) groups excluding carboxylic acids is 1. The van der Waals surface area contributed by atoms with Gasteiger partial charge in [0.25, 0.3) is 5.91 Å². The SMILES string of the molecule is NNC(=O)c1nc(Nc2ncccn2)c(C(F)(F)F)cc1[N+](=O)[O-]. The highest BCUT2D eigenvalue weighted by atomic mass is 19.4. The Kier molecular flexibility index (Phi) is 4.54. The number of alkyl halides is 3. The molecule has 1 amide bonds. The van der Waals surface area contributed by atoms with E-state index >= 15 is 0 Å². The lowest BCUT2D eigenvalue weighted by atomic mass is 10.2. The third-order valence-corrected chi connectivity index (χ3v) is 2.65. The molecule has 10 nitrogen and oxygen atoms in total. The number of nitrogens with two attached hydrogens (primary N) is 1. The van der Waals surface area contributed by atoms with Gasteiger partial charge in [-0.1, -0.05) is 0 Å². The van der Waals surface area contributed by atoms with Gasteiger partial charge in [-0.05, 0) is 6.07 Å². The molecule has 24 heavy (non-hydrogen) atoms. The van der Waals surface area contributed by atoms with Crippen molar-refractivity contribution in [3.05, 3.63) is 45.9 Å². The second kappa shape index (κ2) is 6.41. The van der Waals surface area contributed by atoms with Crippen molar-refractivity contribution >= 4 is 23.4 Å². The summed E-state index contributed by atoms with van der Waals surface area (Å²) in [6.07, 6.45) is -2.48. The molecule has 0 fully saturated rings. The normalized spacial score (nSPS) is 11.0. The number of hydrazine groups is 1. The zero-order valence-electron chi connectivity index (χ0n) is 11.5. The molecule has 0 radical (unpaired) electrons. The van der Waals surface area contributed by atoms with Crippen LogP contribution in [-0.4, -0.2) is 25.8 Å². The molecule has 13 heteroatoms. The summed E-state index contributed by atoms with van der Waals surface area (Å²) in [5.41, 5.74) is -1.93. The lowest BCUT2D eigenvalue weighted by molar-refractivity contribution is -0.385. The minimum absolute atomic E-state index is 0.183. The lowest BCUT2D eigenvalue weighted by Crippen LogP contribution is -2.32. The average Bonchev–Trinajstić information content (AvgIpc) is 2.53. The zero-order chi connectivity index (χ0) is 17.9. The fourth-order valence-corrected chi connectivity index (χ4v) is 1.66. The van der Waals surface area contributed by atoms with E-state index in [1.165, 1.54) is 18.5 Å². The van der Waals surface area contributed by atoms with Crippen molar-refractivity contribution in [3.63, 3.8) is 0 Å². The third-order valence-electron chi connectivity index (χ3n) is 2.65. The number of carbonyl (C=O) groups is 1. The van der Waals surface area contributed by atoms with Crippen molar-refractivity contribution < 1.29 is 22.9 Å². The standard InChI is InChI=1S/C11H8F3N7O3/c12-11(13,14)5-4-6(21(23)24)7(9(22)20-15)18-8(5)19-10-16-2-1-3-17-10/h1-4H,15H2,(H,20,22)(H,16,17,18,19). The molecule has 4 N–H and O–H groups in total. The van der Waals surface area contributed by atoms with Crippen molar-refractivity contribution in [3.8, 4) is 0 Å². The van der Waals surface area contributed by atoms with Crippen molar-refractivity contribution in [2.75, 3.05) is 5.32 Å². The largest absolute Gasteiger partial charge is 0.420 e. The number of nitrogens with zero attached hydrogens (tertiary/aromatic N) is 4. The maximum absolute atomic E-state index is 13.1. The molecule has 0 aliphatic carbocycles. The van der Waals surface area contributed by atoms with Crippen LogP contribution in [0.3, 0.4) is 0 Å². The van der Waals surface area contributed by atoms with Crippen LogP contribution in [-0.2, 0) is 6.18 Å². The van der Waals surface area contributed by atoms with Crippen LogP contribution in [0.5, 0.6) is 0 Å². The van der Waals surface area contributed by atoms with Crippen LogP contribution < -0.4 is 16.6 Å². The van der Waals surface area contributed by atoms with Crippen LogP contribution in [0.1, 0.15) is 16.1 Å². The number of pyridine rings is 1. The molecule has 0 unspecified atom stereocenters. The number of aromatic nitrogens is 3. The van der Waals surface area contributed by atoms with Gasteiger partial charge >= 0.3 is 11.9 Å². The molecule has 0 atom stereocenters. The Balaban J connectivity index is 2.66. The minimum atomic E-state index is -4.98. The summed E-state index contributed by atoms with van der Waals surface area (Å²) in [7, 11) is 0. The predicted molar refractivity (Wildman–Crippen MR) is 72.9 cm³/mol. The molecule has 0 spiro atoms. The fraction of sp³-hybridized carbons (Fsp3) is 0.0909. The molecule has 2 rings (SSSR count). The summed E-state index contributed by atoms with van der Waals surface area (Å²) < 4.78 is 39.4. The Labute approximate surface area is 131 Å². The van der Waals surface area contributed by atoms with Crippen LogP contribution in [0.4, 0.5) is 30.6 Å². The molecule has 2 aromatic rings. The highest BCUT2D eigenvalue weighted by molar-refractivity contribution is 5.96. The van der Waals surface area contributed by atoms with Gasteiger partial charge < -0.3 is 5.32 Å². The van der Waals surface area contributed by atoms with Crippen LogP contribution in [0.15, 0.2) is 24.5 Å². The van der Waals surface area contributed by atoms with Gasteiger partial charge in [0, 0.05) is 18.5 Å². The number of hydrogen-bond acceptors (Lipinski definition) is 8. The average molecular weight is 343 g/mol. The Morgan fingerprint density at radius 3 is 2.42 bits per heavy atom. The minimum Gasteiger partial charge on any atom is -0.308 e. The van der Waals surface area contributed by atoms with Gasteiger partial charge in [0.05, 0.1) is 4.92 Å². The Bertz CT molecular complexity index is 782. The van der Waals surface area contributed by atoms with E-state index in [1.54, 1.807) is 5.43 Å². The van der Waals surface area contributed by atoms with Gasteiger partial charge in [0.15, 0.2) is 0 Å². The second-order valence-corrected chi connectivity index (χ2v) is 4.18. The van der Waals surface area contributed by atoms with Crippen molar-refractivity contribution in [1.29, 1.82) is 0 Å². The predicted octanol–water partition coefficient (Wildman–Crippen LogP) is 1.15. The first kappa shape index (κ1) is 17.0. The van der Waals surface area contributed by atoms with Crippen LogP contribution in [0.25, 0.3) is 0 Å². The smallest absolute Gasteiger partial charge is 0.308 e. The van der Waals surface area contributed by atoms with Gasteiger partial charge in [-0.25, -0.2) is 20.8 Å². The summed E-state index contributed by atoms with van der Waals surface area (Å²) in [5, 5.41) is 13.1. The molecule has 0 aliphatic rings. The van der Waals surface area contributed by atoms with E-state index in [9.17, 15) is 28.1 Å². The molecular weight excluding hydrogens is 335 g/mol. The summed E-state index contributed by atoms with van der Waals surface area (Å²) in [4.78, 5) is 32.0. The van der Waals surface area contributed by atoms with E-state index < -0.39 is 39.8 Å². The van der Waals surface area contributed by atoms with E-state index in [0.29, 0.717) is 0 Å². The number of amides is 1. The van der Waals surface area contributed by atoms with E-state index in [-0.39, 0.29) is 12.0 Å². The number of nitro groups is 1. The first-order valence-electron chi connectivity index (χ1n) is 6.05. The van der Waals surface area contributed by atoms with Crippen LogP contribution in [0, 0.1) is 10.1 Å². The van der Waals surface area contributed by atoms with E-state index in [2.05, 4.69) is 20.3 Å². The molecule has 2 heterocycles. The number of hydrogen-bond donors (Lipinski definition) is 3. The Morgan fingerprint density at radius 1 is 1.29 bits per heavy atom. The van der Waals surface area contributed by atoms with Crippen LogP contribution in [0.2, 0.25) is 0 Å². The van der Waals surface area contributed by atoms with Gasteiger partial charge in [-0.3, -0.25) is 20.3 Å². The maximum atomic E-state index is 13.1. The Morgan fingerprint density at radius 2 is 1.92 bits per heavy atom. The number of halogens is 3. The number of anilines is 2. The second-order valence-electron chi connectivity index (χ2n) is 4.18. The molecule has 126 valence electrons. The number of nitrogen functional groups attached to an aromatic ring is 1. The summed E-state index contributed by atoms with van der Waals surface area (Å²) in [6.45, 7) is 0. The molecule has 0 aliphatic heterocycles. The molecule has 0 saturated heterocycles.